The first-order chi connectivity index (χ1) is 17.0. The average molecular weight is 612 g/mol. The lowest BCUT2D eigenvalue weighted by Gasteiger charge is -2.63. The van der Waals surface area contributed by atoms with E-state index in [0.717, 1.165) is 17.8 Å². The van der Waals surface area contributed by atoms with Gasteiger partial charge in [-0.2, -0.15) is 0 Å². The van der Waals surface area contributed by atoms with Crippen molar-refractivity contribution in [2.24, 2.45) is 28.6 Å². The molecule has 1 N–H and O–H groups in total. The second-order valence-electron chi connectivity index (χ2n) is 10.4. The Morgan fingerprint density at radius 3 is 2.71 bits per heavy atom. The van der Waals surface area contributed by atoms with Gasteiger partial charge in [0.15, 0.2) is 17.1 Å². The van der Waals surface area contributed by atoms with E-state index >= 15 is 8.78 Å². The van der Waals surface area contributed by atoms with Crippen molar-refractivity contribution in [3.05, 3.63) is 23.8 Å². The van der Waals surface area contributed by atoms with Crippen LogP contribution < -0.4 is 0 Å². The van der Waals surface area contributed by atoms with Gasteiger partial charge in [0.25, 0.3) is 0 Å². The second kappa shape index (κ2) is 8.64. The minimum absolute atomic E-state index is 0.000592. The Morgan fingerprint density at radius 1 is 1.35 bits per heavy atom. The van der Waals surface area contributed by atoms with E-state index in [1.165, 1.54) is 19.1 Å². The number of thioether (sulfide) groups is 1. The first-order valence-electron chi connectivity index (χ1n) is 12.9. The Morgan fingerprint density at radius 2 is 2.06 bits per heavy atom. The summed E-state index contributed by atoms with van der Waals surface area (Å²) in [4.78, 5) is 38.6. The van der Waals surface area contributed by atoms with Gasteiger partial charge in [0, 0.05) is 33.2 Å². The molecular formula is C25H31F2IO5S. The summed E-state index contributed by atoms with van der Waals surface area (Å²) in [5.74, 6) is -3.84. The molecule has 4 rings (SSSR count). The van der Waals surface area contributed by atoms with Gasteiger partial charge in [-0.05, 0) is 49.8 Å². The molecule has 0 aliphatic heterocycles. The molecule has 5 nitrogen and oxygen atoms in total. The van der Waals surface area contributed by atoms with Crippen molar-refractivity contribution in [1.29, 1.82) is 0 Å². The van der Waals surface area contributed by atoms with E-state index in [-0.39, 0.29) is 24.8 Å². The number of hydrogen-bond donors (Lipinski definition) is 1. The third kappa shape index (κ3) is 3.20. The van der Waals surface area contributed by atoms with Crippen molar-refractivity contribution in [3.8, 4) is 0 Å². The first kappa shape index (κ1) is 22.4. The summed E-state index contributed by atoms with van der Waals surface area (Å²) in [6.07, 6.45) is -0.887. The molecule has 4 aliphatic carbocycles. The molecule has 188 valence electrons. The molecule has 0 radical (unpaired) electrons. The summed E-state index contributed by atoms with van der Waals surface area (Å²) in [6, 6.07) is 0. The maximum absolute atomic E-state index is 17.4. The maximum Gasteiger partial charge on any atom is 0.306 e. The van der Waals surface area contributed by atoms with Crippen LogP contribution in [0.15, 0.2) is 23.8 Å². The largest absolute Gasteiger partial charge is 0.449 e. The molecule has 0 bridgehead atoms. The number of aliphatic hydroxyl groups excluding tert-OH is 1. The fourth-order valence-electron chi connectivity index (χ4n) is 7.59. The number of carbonyl (C=O) groups excluding carboxylic acids is 3. The molecule has 34 heavy (non-hydrogen) atoms. The zero-order chi connectivity index (χ0) is 27.8. The van der Waals surface area contributed by atoms with Crippen molar-refractivity contribution < 1.29 is 37.1 Å². The molecular weight excluding hydrogens is 577 g/mol. The molecule has 3 fully saturated rings. The van der Waals surface area contributed by atoms with Crippen LogP contribution in [0.5, 0.6) is 0 Å². The summed E-state index contributed by atoms with van der Waals surface area (Å²) >= 11 is 2.90. The fraction of sp³-hybridized carbons (Fsp3) is 0.720. The molecule has 9 heteroatoms. The maximum atomic E-state index is 17.4. The van der Waals surface area contributed by atoms with Crippen LogP contribution in [0.25, 0.3) is 0 Å². The number of hydrogen-bond acceptors (Lipinski definition) is 6. The summed E-state index contributed by atoms with van der Waals surface area (Å²) < 4.78 is 61.6. The van der Waals surface area contributed by atoms with Gasteiger partial charge in [0.05, 0.1) is 9.86 Å². The van der Waals surface area contributed by atoms with Gasteiger partial charge in [0.2, 0.25) is 5.12 Å². The van der Waals surface area contributed by atoms with Gasteiger partial charge in [-0.15, -0.1) is 0 Å². The summed E-state index contributed by atoms with van der Waals surface area (Å²) in [5.41, 5.74) is -7.01. The summed E-state index contributed by atoms with van der Waals surface area (Å²) in [6.45, 7) is 2.24. The van der Waals surface area contributed by atoms with Crippen LogP contribution in [0.3, 0.4) is 0 Å². The Bertz CT molecular complexity index is 1090. The second-order valence-corrected chi connectivity index (χ2v) is 13.2. The van der Waals surface area contributed by atoms with Crippen molar-refractivity contribution in [2.75, 3.05) is 3.76 Å². The van der Waals surface area contributed by atoms with Gasteiger partial charge in [-0.1, -0.05) is 61.1 Å². The molecule has 0 unspecified atom stereocenters. The first-order valence-corrected chi connectivity index (χ1v) is 13.9. The van der Waals surface area contributed by atoms with Crippen LogP contribution in [0.4, 0.5) is 8.78 Å². The highest BCUT2D eigenvalue weighted by molar-refractivity contribution is 14.1. The van der Waals surface area contributed by atoms with Crippen LogP contribution in [0, 0.1) is 28.6 Å². The Kier molecular flexibility index (Phi) is 5.69. The lowest BCUT2D eigenvalue weighted by Crippen LogP contribution is -2.70. The molecule has 3 saturated carbocycles. The molecule has 0 aromatic heterocycles. The number of aliphatic hydroxyl groups is 1. The highest BCUT2D eigenvalue weighted by atomic mass is 127. The number of carbonyl (C=O) groups is 3. The van der Waals surface area contributed by atoms with E-state index in [0.29, 0.717) is 3.76 Å². The number of allylic oxidation sites excluding steroid dienone is 4. The molecule has 0 spiro atoms. The van der Waals surface area contributed by atoms with Crippen LogP contribution in [0.1, 0.15) is 57.4 Å². The molecule has 0 saturated heterocycles. The van der Waals surface area contributed by atoms with E-state index in [9.17, 15) is 19.5 Å². The van der Waals surface area contributed by atoms with Crippen molar-refractivity contribution in [1.82, 2.24) is 0 Å². The lowest BCUT2D eigenvalue weighted by atomic mass is 9.44. The highest BCUT2D eigenvalue weighted by Crippen LogP contribution is 2.72. The number of esters is 1. The van der Waals surface area contributed by atoms with Crippen LogP contribution in [0.2, 0.25) is 0 Å². The molecule has 0 aromatic rings. The molecule has 0 aromatic carbocycles. The minimum Gasteiger partial charge on any atom is -0.449 e. The molecule has 9 atom stereocenters. The van der Waals surface area contributed by atoms with Gasteiger partial charge in [-0.25, -0.2) is 8.78 Å². The number of halogens is 3. The van der Waals surface area contributed by atoms with E-state index in [1.807, 2.05) is 22.6 Å². The van der Waals surface area contributed by atoms with E-state index in [2.05, 4.69) is 0 Å². The standard InChI is InChI=1S/C25H31F2IO5S/c1-5-20(31)33-25(21(32)34-12-28)13(2)8-15-16-10-18(26)17-9-14(29)6-7-22(17,3)24(16,27)19(30)11-23(15,25)4/h6-7,9,13,15-16,18-19,30H,5,8,10-12H2,1-4H3/t13-,15+,16+,18+,19+,22+,23+,24+,25+/m1/s1/i1D3. The zero-order valence-corrected chi connectivity index (χ0v) is 22.3. The SMILES string of the molecule is [2H]C([2H])([2H])CC(=O)O[C@]1(C(=O)SCI)[C@H](C)C[C@H]2[C@@H]3C[C@H](F)C4=CC(=O)C=C[C@]4(C)[C@@]3(F)[C@@H](O)C[C@@]21C. The number of rotatable bonds is 4. The lowest BCUT2D eigenvalue weighted by molar-refractivity contribution is -0.228. The number of fused-ring (bicyclic) bond motifs is 5. The number of ketones is 1. The topological polar surface area (TPSA) is 80.7 Å². The Hall–Kier alpha value is -0.810. The van der Waals surface area contributed by atoms with Gasteiger partial charge < -0.3 is 9.84 Å². The number of alkyl halides is 3. The van der Waals surface area contributed by atoms with E-state index in [4.69, 9.17) is 8.85 Å². The van der Waals surface area contributed by atoms with Crippen molar-refractivity contribution in [3.63, 3.8) is 0 Å². The smallest absolute Gasteiger partial charge is 0.306 e. The minimum atomic E-state index is -2.62. The van der Waals surface area contributed by atoms with Gasteiger partial charge >= 0.3 is 5.97 Å². The third-order valence-electron chi connectivity index (χ3n) is 9.08. The third-order valence-corrected chi connectivity index (χ3v) is 10.7. The van der Waals surface area contributed by atoms with Crippen molar-refractivity contribution in [2.45, 2.75) is 76.9 Å². The normalized spacial score (nSPS) is 49.0. The zero-order valence-electron chi connectivity index (χ0n) is 22.3. The predicted octanol–water partition coefficient (Wildman–Crippen LogP) is 4.90. The Balaban J connectivity index is 1.84. The van der Waals surface area contributed by atoms with Crippen molar-refractivity contribution >= 4 is 51.2 Å². The van der Waals surface area contributed by atoms with Crippen LogP contribution in [-0.2, 0) is 19.1 Å². The number of ether oxygens (including phenoxy) is 1. The molecule has 4 aliphatic rings. The van der Waals surface area contributed by atoms with Gasteiger partial charge in [-0.3, -0.25) is 14.4 Å². The van der Waals surface area contributed by atoms with E-state index in [1.54, 1.807) is 13.8 Å². The predicted molar refractivity (Wildman–Crippen MR) is 134 cm³/mol. The fourth-order valence-corrected chi connectivity index (χ4v) is 9.23. The van der Waals surface area contributed by atoms with Crippen LogP contribution in [-0.4, -0.2) is 49.3 Å². The molecule has 0 amide bonds. The summed E-state index contributed by atoms with van der Waals surface area (Å²) in [5, 5.41) is 11.0. The monoisotopic (exact) mass is 611 g/mol. The quantitative estimate of drug-likeness (QED) is 0.277. The average Bonchev–Trinajstić information content (AvgIpc) is 2.98. The highest BCUT2D eigenvalue weighted by Gasteiger charge is 2.78. The van der Waals surface area contributed by atoms with E-state index < -0.39 is 82.3 Å². The van der Waals surface area contributed by atoms with Crippen LogP contribution >= 0.6 is 34.4 Å². The molecule has 0 heterocycles. The summed E-state index contributed by atoms with van der Waals surface area (Å²) in [7, 11) is 0. The Labute approximate surface area is 220 Å². The van der Waals surface area contributed by atoms with Gasteiger partial charge in [0.1, 0.15) is 6.17 Å².